The van der Waals surface area contributed by atoms with E-state index < -0.39 is 6.04 Å². The molecule has 0 aliphatic carbocycles. The Labute approximate surface area is 101 Å². The summed E-state index contributed by atoms with van der Waals surface area (Å²) in [4.78, 5) is 13.3. The van der Waals surface area contributed by atoms with Crippen molar-refractivity contribution in [3.8, 4) is 5.75 Å². The summed E-state index contributed by atoms with van der Waals surface area (Å²) in [6.45, 7) is 0.182. The molecule has 0 saturated heterocycles. The molecule has 5 nitrogen and oxygen atoms in total. The van der Waals surface area contributed by atoms with Gasteiger partial charge in [0.15, 0.2) is 0 Å². The summed E-state index contributed by atoms with van der Waals surface area (Å²) in [7, 11) is 4.72. The summed E-state index contributed by atoms with van der Waals surface area (Å²) in [5, 5.41) is 0. The smallest absolute Gasteiger partial charge is 0.329 e. The third-order valence-electron chi connectivity index (χ3n) is 2.63. The summed E-state index contributed by atoms with van der Waals surface area (Å²) in [6.07, 6.45) is 0. The molecule has 0 aromatic heterocycles. The lowest BCUT2D eigenvalue weighted by molar-refractivity contribution is -0.141. The van der Waals surface area contributed by atoms with Gasteiger partial charge in [-0.25, -0.2) is 4.79 Å². The molecule has 0 aliphatic rings. The van der Waals surface area contributed by atoms with Crippen LogP contribution in [-0.2, 0) is 9.53 Å². The third kappa shape index (κ3) is 2.88. The van der Waals surface area contributed by atoms with E-state index in [1.165, 1.54) is 7.11 Å². The van der Waals surface area contributed by atoms with E-state index in [4.69, 9.17) is 15.2 Å². The van der Waals surface area contributed by atoms with E-state index in [-0.39, 0.29) is 12.5 Å². The van der Waals surface area contributed by atoms with E-state index in [1.54, 1.807) is 19.1 Å². The van der Waals surface area contributed by atoms with Crippen molar-refractivity contribution < 1.29 is 14.3 Å². The van der Waals surface area contributed by atoms with Gasteiger partial charge in [-0.15, -0.1) is 0 Å². The Hall–Kier alpha value is -1.75. The number of anilines is 1. The summed E-state index contributed by atoms with van der Waals surface area (Å²) in [5.41, 5.74) is 6.40. The summed E-state index contributed by atoms with van der Waals surface area (Å²) < 4.78 is 9.96. The maximum absolute atomic E-state index is 11.6. The average Bonchev–Trinajstić information content (AvgIpc) is 2.38. The molecule has 0 radical (unpaired) electrons. The number of esters is 1. The van der Waals surface area contributed by atoms with Crippen molar-refractivity contribution >= 4 is 11.7 Å². The molecule has 17 heavy (non-hydrogen) atoms. The number of likely N-dealkylation sites (N-methyl/N-ethyl adjacent to an activating group) is 1. The molecular weight excluding hydrogens is 220 g/mol. The maximum atomic E-state index is 11.6. The number of para-hydroxylation sites is 2. The van der Waals surface area contributed by atoms with Gasteiger partial charge >= 0.3 is 5.97 Å². The van der Waals surface area contributed by atoms with Gasteiger partial charge in [-0.2, -0.15) is 0 Å². The zero-order valence-electron chi connectivity index (χ0n) is 10.3. The quantitative estimate of drug-likeness (QED) is 0.762. The molecule has 94 valence electrons. The molecule has 0 saturated carbocycles. The monoisotopic (exact) mass is 238 g/mol. The number of rotatable bonds is 5. The van der Waals surface area contributed by atoms with Gasteiger partial charge in [-0.3, -0.25) is 0 Å². The van der Waals surface area contributed by atoms with Gasteiger partial charge < -0.3 is 20.1 Å². The first kappa shape index (κ1) is 13.3. The third-order valence-corrected chi connectivity index (χ3v) is 2.63. The number of carbonyl (C=O) groups is 1. The minimum Gasteiger partial charge on any atom is -0.495 e. The van der Waals surface area contributed by atoms with Gasteiger partial charge in [0, 0.05) is 13.6 Å². The lowest BCUT2D eigenvalue weighted by Crippen LogP contribution is -2.45. The Bertz CT molecular complexity index is 382. The number of ether oxygens (including phenoxy) is 2. The fourth-order valence-corrected chi connectivity index (χ4v) is 1.64. The average molecular weight is 238 g/mol. The predicted octanol–water partition coefficient (Wildman–Crippen LogP) is 0.632. The first-order valence-corrected chi connectivity index (χ1v) is 5.29. The highest BCUT2D eigenvalue weighted by atomic mass is 16.5. The molecule has 2 N–H and O–H groups in total. The largest absolute Gasteiger partial charge is 0.495 e. The van der Waals surface area contributed by atoms with Crippen molar-refractivity contribution in [2.24, 2.45) is 5.73 Å². The van der Waals surface area contributed by atoms with E-state index in [1.807, 2.05) is 24.3 Å². The fourth-order valence-electron chi connectivity index (χ4n) is 1.64. The summed E-state index contributed by atoms with van der Waals surface area (Å²) in [5.74, 6) is 0.332. The van der Waals surface area contributed by atoms with Crippen molar-refractivity contribution in [2.75, 3.05) is 32.7 Å². The van der Waals surface area contributed by atoms with E-state index in [0.717, 1.165) is 5.69 Å². The van der Waals surface area contributed by atoms with Crippen LogP contribution in [0.1, 0.15) is 0 Å². The Morgan fingerprint density at radius 1 is 1.41 bits per heavy atom. The second-order valence-electron chi connectivity index (χ2n) is 3.56. The van der Waals surface area contributed by atoms with Crippen LogP contribution in [-0.4, -0.2) is 39.8 Å². The van der Waals surface area contributed by atoms with Gasteiger partial charge in [0.1, 0.15) is 11.8 Å². The second-order valence-corrected chi connectivity index (χ2v) is 3.56. The zero-order valence-corrected chi connectivity index (χ0v) is 10.3. The summed E-state index contributed by atoms with van der Waals surface area (Å²) in [6, 6.07) is 6.92. The number of nitrogens with two attached hydrogens (primary N) is 1. The number of nitrogens with zero attached hydrogens (tertiary/aromatic N) is 1. The Balaban J connectivity index is 3.01. The highest BCUT2D eigenvalue weighted by molar-refractivity contribution is 5.81. The van der Waals surface area contributed by atoms with Crippen LogP contribution in [0.5, 0.6) is 5.75 Å². The molecule has 0 fully saturated rings. The lowest BCUT2D eigenvalue weighted by atomic mass is 10.2. The second kappa shape index (κ2) is 6.10. The van der Waals surface area contributed by atoms with Crippen molar-refractivity contribution in [3.63, 3.8) is 0 Å². The number of hydrogen-bond donors (Lipinski definition) is 1. The SMILES string of the molecule is COC(=O)C(CN)N(C)c1ccccc1OC. The number of methoxy groups -OCH3 is 2. The van der Waals surface area contributed by atoms with Crippen LogP contribution in [0, 0.1) is 0 Å². The molecule has 0 aliphatic heterocycles. The van der Waals surface area contributed by atoms with Crippen molar-refractivity contribution in [1.82, 2.24) is 0 Å². The molecule has 1 aromatic carbocycles. The highest BCUT2D eigenvalue weighted by Gasteiger charge is 2.24. The van der Waals surface area contributed by atoms with Gasteiger partial charge in [0.25, 0.3) is 0 Å². The predicted molar refractivity (Wildman–Crippen MR) is 66.3 cm³/mol. The van der Waals surface area contributed by atoms with Gasteiger partial charge in [-0.1, -0.05) is 12.1 Å². The lowest BCUT2D eigenvalue weighted by Gasteiger charge is -2.28. The van der Waals surface area contributed by atoms with Gasteiger partial charge in [0.2, 0.25) is 0 Å². The molecule has 0 heterocycles. The fraction of sp³-hybridized carbons (Fsp3) is 0.417. The highest BCUT2D eigenvalue weighted by Crippen LogP contribution is 2.27. The minimum absolute atomic E-state index is 0.182. The first-order chi connectivity index (χ1) is 8.15. The van der Waals surface area contributed by atoms with E-state index in [9.17, 15) is 4.79 Å². The topological polar surface area (TPSA) is 64.8 Å². The molecule has 0 spiro atoms. The molecule has 0 bridgehead atoms. The van der Waals surface area contributed by atoms with E-state index in [2.05, 4.69) is 0 Å². The molecule has 1 atom stereocenters. The molecule has 5 heteroatoms. The summed E-state index contributed by atoms with van der Waals surface area (Å²) >= 11 is 0. The molecule has 1 unspecified atom stereocenters. The maximum Gasteiger partial charge on any atom is 0.329 e. The van der Waals surface area contributed by atoms with Crippen LogP contribution in [0.2, 0.25) is 0 Å². The molecular formula is C12H18N2O3. The molecule has 1 aromatic rings. The standard InChI is InChI=1S/C12H18N2O3/c1-14(10(8-13)12(15)17-3)9-6-4-5-7-11(9)16-2/h4-7,10H,8,13H2,1-3H3. The molecule has 1 rings (SSSR count). The first-order valence-electron chi connectivity index (χ1n) is 5.29. The van der Waals surface area contributed by atoms with Crippen molar-refractivity contribution in [3.05, 3.63) is 24.3 Å². The minimum atomic E-state index is -0.517. The number of benzene rings is 1. The van der Waals surface area contributed by atoms with Gasteiger partial charge in [0.05, 0.1) is 19.9 Å². The Morgan fingerprint density at radius 3 is 2.59 bits per heavy atom. The van der Waals surface area contributed by atoms with Crippen molar-refractivity contribution in [2.45, 2.75) is 6.04 Å². The van der Waals surface area contributed by atoms with E-state index >= 15 is 0 Å². The Kier molecular flexibility index (Phi) is 4.78. The normalized spacial score (nSPS) is 11.8. The van der Waals surface area contributed by atoms with Crippen LogP contribution in [0.3, 0.4) is 0 Å². The van der Waals surface area contributed by atoms with Crippen LogP contribution in [0.25, 0.3) is 0 Å². The van der Waals surface area contributed by atoms with Gasteiger partial charge in [-0.05, 0) is 12.1 Å². The van der Waals surface area contributed by atoms with E-state index in [0.29, 0.717) is 5.75 Å². The molecule has 0 amide bonds. The van der Waals surface area contributed by atoms with Crippen LogP contribution < -0.4 is 15.4 Å². The zero-order chi connectivity index (χ0) is 12.8. The van der Waals surface area contributed by atoms with Crippen LogP contribution in [0.15, 0.2) is 24.3 Å². The number of hydrogen-bond acceptors (Lipinski definition) is 5. The van der Waals surface area contributed by atoms with Crippen LogP contribution >= 0.6 is 0 Å². The van der Waals surface area contributed by atoms with Crippen LogP contribution in [0.4, 0.5) is 5.69 Å². The Morgan fingerprint density at radius 2 is 2.06 bits per heavy atom. The number of carbonyl (C=O) groups excluding carboxylic acids is 1. The van der Waals surface area contributed by atoms with Crippen molar-refractivity contribution in [1.29, 1.82) is 0 Å².